The molecule has 0 heterocycles. The average Bonchev–Trinajstić information content (AvgIpc) is 2.15. The average molecular weight is 316 g/mol. The van der Waals surface area contributed by atoms with Crippen LogP contribution < -0.4 is 16.8 Å². The number of anilines is 1. The van der Waals surface area contributed by atoms with Crippen LogP contribution in [-0.4, -0.2) is 16.4 Å². The second-order valence-corrected chi connectivity index (χ2v) is 5.47. The number of hydrogen-bond acceptors (Lipinski definition) is 3. The zero-order chi connectivity index (χ0) is 13.2. The molecule has 0 aliphatic heterocycles. The lowest BCUT2D eigenvalue weighted by molar-refractivity contribution is -0.121. The Labute approximate surface area is 114 Å². The Morgan fingerprint density at radius 1 is 1.41 bits per heavy atom. The summed E-state index contributed by atoms with van der Waals surface area (Å²) >= 11 is 8.27. The molecule has 0 saturated carbocycles. The molecule has 1 amide bonds. The van der Waals surface area contributed by atoms with Gasteiger partial charge in [0, 0.05) is 15.7 Å². The van der Waals surface area contributed by atoms with Crippen LogP contribution in [0.4, 0.5) is 5.69 Å². The zero-order valence-electron chi connectivity index (χ0n) is 9.58. The molecule has 0 aliphatic rings. The molecule has 1 aromatic rings. The molecular weight excluding hydrogens is 302 g/mol. The van der Waals surface area contributed by atoms with Crippen molar-refractivity contribution in [1.29, 1.82) is 0 Å². The van der Waals surface area contributed by atoms with Crippen LogP contribution in [0.15, 0.2) is 22.7 Å². The lowest BCUT2D eigenvalue weighted by atomic mass is 10.0. The third-order valence-electron chi connectivity index (χ3n) is 2.31. The summed E-state index contributed by atoms with van der Waals surface area (Å²) in [7, 11) is 0. The largest absolute Gasteiger partial charge is 0.389 e. The molecule has 17 heavy (non-hydrogen) atoms. The Morgan fingerprint density at radius 3 is 2.41 bits per heavy atom. The van der Waals surface area contributed by atoms with E-state index in [9.17, 15) is 4.79 Å². The molecular formula is C11H14BrN3OS. The van der Waals surface area contributed by atoms with E-state index in [-0.39, 0.29) is 0 Å². The van der Waals surface area contributed by atoms with E-state index in [0.717, 1.165) is 15.7 Å². The number of hydrogen-bond donors (Lipinski definition) is 3. The van der Waals surface area contributed by atoms with Crippen molar-refractivity contribution in [3.05, 3.63) is 28.2 Å². The molecule has 0 aliphatic carbocycles. The molecule has 1 rings (SSSR count). The van der Waals surface area contributed by atoms with Crippen LogP contribution in [0.5, 0.6) is 0 Å². The molecule has 5 N–H and O–H groups in total. The molecule has 1 aromatic carbocycles. The van der Waals surface area contributed by atoms with Gasteiger partial charge in [-0.05, 0) is 48.0 Å². The van der Waals surface area contributed by atoms with E-state index >= 15 is 0 Å². The first-order chi connectivity index (χ1) is 7.74. The Bertz CT molecular complexity index is 474. The molecule has 0 radical (unpaired) electrons. The van der Waals surface area contributed by atoms with Crippen LogP contribution in [0.25, 0.3) is 0 Å². The number of rotatable bonds is 4. The quantitative estimate of drug-likeness (QED) is 0.739. The van der Waals surface area contributed by atoms with Gasteiger partial charge in [-0.1, -0.05) is 12.2 Å². The lowest BCUT2D eigenvalue weighted by Gasteiger charge is -2.24. The Balaban J connectivity index is 2.99. The Morgan fingerprint density at radius 2 is 2.00 bits per heavy atom. The highest BCUT2D eigenvalue weighted by Crippen LogP contribution is 2.23. The van der Waals surface area contributed by atoms with E-state index in [1.54, 1.807) is 32.0 Å². The Hall–Kier alpha value is -1.14. The summed E-state index contributed by atoms with van der Waals surface area (Å²) in [6, 6.07) is 5.38. The van der Waals surface area contributed by atoms with Gasteiger partial charge >= 0.3 is 0 Å². The zero-order valence-corrected chi connectivity index (χ0v) is 12.0. The third kappa shape index (κ3) is 3.41. The van der Waals surface area contributed by atoms with E-state index < -0.39 is 11.4 Å². The van der Waals surface area contributed by atoms with Crippen LogP contribution in [0.2, 0.25) is 0 Å². The van der Waals surface area contributed by atoms with E-state index in [4.69, 9.17) is 23.7 Å². The summed E-state index contributed by atoms with van der Waals surface area (Å²) in [5.74, 6) is -0.424. The van der Waals surface area contributed by atoms with E-state index in [0.29, 0.717) is 4.99 Å². The number of amides is 1. The molecule has 92 valence electrons. The van der Waals surface area contributed by atoms with Gasteiger partial charge in [-0.15, -0.1) is 0 Å². The highest BCUT2D eigenvalue weighted by Gasteiger charge is 2.24. The molecule has 0 aromatic heterocycles. The first-order valence-corrected chi connectivity index (χ1v) is 6.11. The van der Waals surface area contributed by atoms with Crippen LogP contribution in [0.3, 0.4) is 0 Å². The molecule has 6 heteroatoms. The first-order valence-electron chi connectivity index (χ1n) is 4.91. The van der Waals surface area contributed by atoms with Gasteiger partial charge in [0.05, 0.1) is 0 Å². The maximum atomic E-state index is 11.2. The van der Waals surface area contributed by atoms with Crippen molar-refractivity contribution in [2.24, 2.45) is 11.5 Å². The smallest absolute Gasteiger partial charge is 0.242 e. The number of nitrogens with one attached hydrogen (secondary N) is 1. The number of carbonyl (C=O) groups is 1. The van der Waals surface area contributed by atoms with Crippen molar-refractivity contribution >= 4 is 44.7 Å². The van der Waals surface area contributed by atoms with Gasteiger partial charge in [-0.2, -0.15) is 0 Å². The molecule has 0 bridgehead atoms. The number of thiocarbonyl (C=S) groups is 1. The van der Waals surface area contributed by atoms with Crippen LogP contribution >= 0.6 is 28.1 Å². The minimum atomic E-state index is -0.815. The number of carbonyl (C=O) groups excluding carboxylic acids is 1. The molecule has 0 unspecified atom stereocenters. The van der Waals surface area contributed by atoms with Gasteiger partial charge < -0.3 is 16.8 Å². The summed E-state index contributed by atoms with van der Waals surface area (Å²) in [6.07, 6.45) is 0. The number of primary amides is 1. The molecule has 0 fully saturated rings. The standard InChI is InChI=1S/C11H14BrN3OS/c1-11(2,10(14)16)15-6-3-4-7(9(13)17)8(12)5-6/h3-5,15H,1-2H3,(H2,13,17)(H2,14,16). The summed E-state index contributed by atoms with van der Waals surface area (Å²) in [4.78, 5) is 11.5. The predicted molar refractivity (Wildman–Crippen MR) is 76.9 cm³/mol. The maximum absolute atomic E-state index is 11.2. The van der Waals surface area contributed by atoms with Crippen molar-refractivity contribution in [3.63, 3.8) is 0 Å². The van der Waals surface area contributed by atoms with Crippen LogP contribution in [0.1, 0.15) is 19.4 Å². The van der Waals surface area contributed by atoms with Crippen molar-refractivity contribution < 1.29 is 4.79 Å². The predicted octanol–water partition coefficient (Wildman–Crippen LogP) is 1.76. The highest BCUT2D eigenvalue weighted by atomic mass is 79.9. The molecule has 0 atom stereocenters. The third-order valence-corrected chi connectivity index (χ3v) is 3.18. The minimum absolute atomic E-state index is 0.317. The van der Waals surface area contributed by atoms with Crippen molar-refractivity contribution in [1.82, 2.24) is 0 Å². The molecule has 0 saturated heterocycles. The normalized spacial score (nSPS) is 11.0. The minimum Gasteiger partial charge on any atom is -0.389 e. The van der Waals surface area contributed by atoms with Crippen LogP contribution in [0, 0.1) is 0 Å². The van der Waals surface area contributed by atoms with Crippen LogP contribution in [-0.2, 0) is 4.79 Å². The molecule has 4 nitrogen and oxygen atoms in total. The van der Waals surface area contributed by atoms with Crippen molar-refractivity contribution in [3.8, 4) is 0 Å². The van der Waals surface area contributed by atoms with Gasteiger partial charge in [-0.25, -0.2) is 0 Å². The van der Waals surface area contributed by atoms with Gasteiger partial charge in [0.2, 0.25) is 5.91 Å². The summed E-state index contributed by atoms with van der Waals surface area (Å²) in [5.41, 5.74) is 11.5. The van der Waals surface area contributed by atoms with E-state index in [2.05, 4.69) is 21.2 Å². The van der Waals surface area contributed by atoms with Crippen molar-refractivity contribution in [2.75, 3.05) is 5.32 Å². The summed E-state index contributed by atoms with van der Waals surface area (Å²) in [6.45, 7) is 3.43. The Kier molecular flexibility index (Phi) is 4.11. The van der Waals surface area contributed by atoms with E-state index in [1.165, 1.54) is 0 Å². The topological polar surface area (TPSA) is 81.1 Å². The number of nitrogens with two attached hydrogens (primary N) is 2. The fourth-order valence-electron chi connectivity index (χ4n) is 1.22. The maximum Gasteiger partial charge on any atom is 0.242 e. The fraction of sp³-hybridized carbons (Fsp3) is 0.273. The van der Waals surface area contributed by atoms with Gasteiger partial charge in [-0.3, -0.25) is 4.79 Å². The number of benzene rings is 1. The summed E-state index contributed by atoms with van der Waals surface area (Å²) in [5, 5.41) is 3.04. The van der Waals surface area contributed by atoms with E-state index in [1.807, 2.05) is 0 Å². The van der Waals surface area contributed by atoms with Gasteiger partial charge in [0.1, 0.15) is 10.5 Å². The second-order valence-electron chi connectivity index (χ2n) is 4.17. The highest BCUT2D eigenvalue weighted by molar-refractivity contribution is 9.10. The SMILES string of the molecule is CC(C)(Nc1ccc(C(N)=S)c(Br)c1)C(N)=O. The summed E-state index contributed by atoms with van der Waals surface area (Å²) < 4.78 is 0.773. The second kappa shape index (κ2) is 5.01. The van der Waals surface area contributed by atoms with Crippen molar-refractivity contribution in [2.45, 2.75) is 19.4 Å². The molecule has 0 spiro atoms. The number of halogens is 1. The van der Waals surface area contributed by atoms with Gasteiger partial charge in [0.15, 0.2) is 0 Å². The first kappa shape index (κ1) is 13.9. The van der Waals surface area contributed by atoms with Gasteiger partial charge in [0.25, 0.3) is 0 Å². The monoisotopic (exact) mass is 315 g/mol. The lowest BCUT2D eigenvalue weighted by Crippen LogP contribution is -2.45. The fourth-order valence-corrected chi connectivity index (χ4v) is 2.12.